The first-order valence-corrected chi connectivity index (χ1v) is 9.28. The van der Waals surface area contributed by atoms with Crippen LogP contribution in [-0.4, -0.2) is 17.4 Å². The molecular formula is C19H21BrN2O4. The monoisotopic (exact) mass is 420 g/mol. The Labute approximate surface area is 160 Å². The third kappa shape index (κ3) is 5.84. The number of non-ortho nitro benzene ring substituents is 1. The summed E-state index contributed by atoms with van der Waals surface area (Å²) in [6, 6.07) is 10.9. The molecule has 0 spiro atoms. The number of carbonyl (C=O) groups excluding carboxylic acids is 1. The summed E-state index contributed by atoms with van der Waals surface area (Å²) in [5, 5.41) is 13.5. The van der Waals surface area contributed by atoms with Crippen LogP contribution in [0.3, 0.4) is 0 Å². The van der Waals surface area contributed by atoms with Crippen molar-refractivity contribution in [2.45, 2.75) is 32.6 Å². The predicted molar refractivity (Wildman–Crippen MR) is 105 cm³/mol. The van der Waals surface area contributed by atoms with Crippen molar-refractivity contribution in [3.05, 3.63) is 62.6 Å². The molecule has 1 amide bonds. The fourth-order valence-corrected chi connectivity index (χ4v) is 2.86. The molecule has 0 unspecified atom stereocenters. The minimum absolute atomic E-state index is 0.0733. The van der Waals surface area contributed by atoms with Crippen LogP contribution in [0.15, 0.2) is 46.9 Å². The average Bonchev–Trinajstić information content (AvgIpc) is 2.62. The lowest BCUT2D eigenvalue weighted by Crippen LogP contribution is -2.12. The van der Waals surface area contributed by atoms with Gasteiger partial charge in [-0.15, -0.1) is 0 Å². The van der Waals surface area contributed by atoms with E-state index in [9.17, 15) is 14.9 Å². The maximum atomic E-state index is 12.3. The first kappa shape index (κ1) is 19.9. The SMILES string of the molecule is CCCCCCOc1ccc(C(=O)Nc2cccc([N+](=O)[O-])c2)cc1Br. The van der Waals surface area contributed by atoms with Crippen molar-refractivity contribution >= 4 is 33.2 Å². The van der Waals surface area contributed by atoms with Gasteiger partial charge in [-0.1, -0.05) is 32.3 Å². The maximum Gasteiger partial charge on any atom is 0.271 e. The molecule has 0 bridgehead atoms. The Kier molecular flexibility index (Phi) is 7.59. The highest BCUT2D eigenvalue weighted by Gasteiger charge is 2.12. The van der Waals surface area contributed by atoms with Gasteiger partial charge in [-0.25, -0.2) is 0 Å². The number of ether oxygens (including phenoxy) is 1. The van der Waals surface area contributed by atoms with E-state index in [1.807, 2.05) is 0 Å². The van der Waals surface area contributed by atoms with Crippen LogP contribution in [0.1, 0.15) is 43.0 Å². The zero-order valence-electron chi connectivity index (χ0n) is 14.5. The van der Waals surface area contributed by atoms with Gasteiger partial charge in [0, 0.05) is 23.4 Å². The van der Waals surface area contributed by atoms with E-state index in [-0.39, 0.29) is 11.6 Å². The summed E-state index contributed by atoms with van der Waals surface area (Å²) in [5.41, 5.74) is 0.731. The first-order valence-electron chi connectivity index (χ1n) is 8.49. The van der Waals surface area contributed by atoms with E-state index >= 15 is 0 Å². The third-order valence-corrected chi connectivity index (χ3v) is 4.38. The lowest BCUT2D eigenvalue weighted by Gasteiger charge is -2.10. The summed E-state index contributed by atoms with van der Waals surface area (Å²) in [4.78, 5) is 22.7. The van der Waals surface area contributed by atoms with Gasteiger partial charge in [0.15, 0.2) is 0 Å². The molecule has 0 fully saturated rings. The second-order valence-corrected chi connectivity index (χ2v) is 6.67. The number of hydrogen-bond acceptors (Lipinski definition) is 4. The van der Waals surface area contributed by atoms with E-state index < -0.39 is 4.92 Å². The molecular weight excluding hydrogens is 400 g/mol. The number of carbonyl (C=O) groups is 1. The van der Waals surface area contributed by atoms with E-state index in [2.05, 4.69) is 28.2 Å². The minimum Gasteiger partial charge on any atom is -0.492 e. The van der Waals surface area contributed by atoms with E-state index in [1.54, 1.807) is 24.3 Å². The van der Waals surface area contributed by atoms with Gasteiger partial charge in [0.2, 0.25) is 0 Å². The van der Waals surface area contributed by atoms with Gasteiger partial charge < -0.3 is 10.1 Å². The summed E-state index contributed by atoms with van der Waals surface area (Å²) in [5.74, 6) is 0.342. The fraction of sp³-hybridized carbons (Fsp3) is 0.316. The van der Waals surface area contributed by atoms with Crippen LogP contribution >= 0.6 is 15.9 Å². The largest absolute Gasteiger partial charge is 0.492 e. The highest BCUT2D eigenvalue weighted by atomic mass is 79.9. The highest BCUT2D eigenvalue weighted by Crippen LogP contribution is 2.27. The molecule has 0 saturated carbocycles. The number of nitrogens with zero attached hydrogens (tertiary/aromatic N) is 1. The molecule has 26 heavy (non-hydrogen) atoms. The van der Waals surface area contributed by atoms with Gasteiger partial charge >= 0.3 is 0 Å². The third-order valence-electron chi connectivity index (χ3n) is 3.76. The Hall–Kier alpha value is -2.41. The van der Waals surface area contributed by atoms with Gasteiger partial charge in [-0.05, 0) is 46.6 Å². The maximum absolute atomic E-state index is 12.3. The number of nitro groups is 1. The van der Waals surface area contributed by atoms with Crippen molar-refractivity contribution in [3.63, 3.8) is 0 Å². The fourth-order valence-electron chi connectivity index (χ4n) is 2.37. The number of nitrogens with one attached hydrogen (secondary N) is 1. The molecule has 2 rings (SSSR count). The standard InChI is InChI=1S/C19H21BrN2O4/c1-2-3-4-5-11-26-18-10-9-14(12-17(18)20)19(23)21-15-7-6-8-16(13-15)22(24)25/h6-10,12-13H,2-5,11H2,1H3,(H,21,23). The van der Waals surface area contributed by atoms with Crippen LogP contribution < -0.4 is 10.1 Å². The zero-order valence-corrected chi connectivity index (χ0v) is 16.1. The van der Waals surface area contributed by atoms with Crippen LogP contribution in [-0.2, 0) is 0 Å². The van der Waals surface area contributed by atoms with Crippen LogP contribution in [0.25, 0.3) is 0 Å². The average molecular weight is 421 g/mol. The van der Waals surface area contributed by atoms with E-state index in [1.165, 1.54) is 31.0 Å². The topological polar surface area (TPSA) is 81.5 Å². The molecule has 0 atom stereocenters. The molecule has 0 aliphatic carbocycles. The minimum atomic E-state index is -0.501. The number of benzene rings is 2. The van der Waals surface area contributed by atoms with Crippen molar-refractivity contribution in [2.75, 3.05) is 11.9 Å². The Balaban J connectivity index is 1.98. The predicted octanol–water partition coefficient (Wildman–Crippen LogP) is 5.57. The molecule has 0 aromatic heterocycles. The number of hydrogen-bond donors (Lipinski definition) is 1. The Morgan fingerprint density at radius 3 is 2.69 bits per heavy atom. The van der Waals surface area contributed by atoms with E-state index in [0.717, 1.165) is 12.8 Å². The number of unbranched alkanes of at least 4 members (excludes halogenated alkanes) is 3. The smallest absolute Gasteiger partial charge is 0.271 e. The molecule has 1 N–H and O–H groups in total. The normalized spacial score (nSPS) is 10.4. The number of nitro benzene ring substituents is 1. The summed E-state index contributed by atoms with van der Waals surface area (Å²) >= 11 is 3.42. The van der Waals surface area contributed by atoms with Crippen molar-refractivity contribution in [1.82, 2.24) is 0 Å². The molecule has 0 saturated heterocycles. The lowest BCUT2D eigenvalue weighted by molar-refractivity contribution is -0.384. The van der Waals surface area contributed by atoms with Gasteiger partial charge in [0.25, 0.3) is 11.6 Å². The molecule has 138 valence electrons. The second kappa shape index (κ2) is 9.91. The van der Waals surface area contributed by atoms with Gasteiger partial charge in [0.05, 0.1) is 16.0 Å². The van der Waals surface area contributed by atoms with E-state index in [4.69, 9.17) is 4.74 Å². The molecule has 0 radical (unpaired) electrons. The number of anilines is 1. The lowest BCUT2D eigenvalue weighted by atomic mass is 10.2. The first-order chi connectivity index (χ1) is 12.5. The number of halogens is 1. The molecule has 2 aromatic rings. The molecule has 0 aliphatic rings. The zero-order chi connectivity index (χ0) is 18.9. The Morgan fingerprint density at radius 1 is 1.19 bits per heavy atom. The quantitative estimate of drug-likeness (QED) is 0.326. The summed E-state index contributed by atoms with van der Waals surface area (Å²) in [7, 11) is 0. The van der Waals surface area contributed by atoms with Crippen LogP contribution in [0.5, 0.6) is 5.75 Å². The highest BCUT2D eigenvalue weighted by molar-refractivity contribution is 9.10. The number of rotatable bonds is 9. The molecule has 6 nitrogen and oxygen atoms in total. The van der Waals surface area contributed by atoms with E-state index in [0.29, 0.717) is 28.1 Å². The molecule has 7 heteroatoms. The van der Waals surface area contributed by atoms with Crippen LogP contribution in [0.4, 0.5) is 11.4 Å². The molecule has 2 aromatic carbocycles. The van der Waals surface area contributed by atoms with Crippen molar-refractivity contribution in [3.8, 4) is 5.75 Å². The van der Waals surface area contributed by atoms with Gasteiger partial charge in [-0.3, -0.25) is 14.9 Å². The summed E-state index contributed by atoms with van der Waals surface area (Å²) in [6.07, 6.45) is 4.51. The number of amides is 1. The molecule has 0 aliphatic heterocycles. The van der Waals surface area contributed by atoms with Crippen LogP contribution in [0, 0.1) is 10.1 Å². The van der Waals surface area contributed by atoms with Crippen LogP contribution in [0.2, 0.25) is 0 Å². The van der Waals surface area contributed by atoms with Crippen molar-refractivity contribution < 1.29 is 14.5 Å². The summed E-state index contributed by atoms with van der Waals surface area (Å²) < 4.78 is 6.42. The Bertz CT molecular complexity index is 780. The Morgan fingerprint density at radius 2 is 2.00 bits per heavy atom. The van der Waals surface area contributed by atoms with Crippen molar-refractivity contribution in [2.24, 2.45) is 0 Å². The molecule has 0 heterocycles. The van der Waals surface area contributed by atoms with Crippen molar-refractivity contribution in [1.29, 1.82) is 0 Å². The summed E-state index contributed by atoms with van der Waals surface area (Å²) in [6.45, 7) is 2.80. The van der Waals surface area contributed by atoms with Gasteiger partial charge in [-0.2, -0.15) is 0 Å². The van der Waals surface area contributed by atoms with Gasteiger partial charge in [0.1, 0.15) is 5.75 Å². The second-order valence-electron chi connectivity index (χ2n) is 5.82.